The number of rotatable bonds is 10. The van der Waals surface area contributed by atoms with Crippen LogP contribution in [-0.2, 0) is 9.59 Å². The second kappa shape index (κ2) is 9.56. The summed E-state index contributed by atoms with van der Waals surface area (Å²) in [6, 6.07) is 6.45. The Morgan fingerprint density at radius 3 is 2.44 bits per heavy atom. The summed E-state index contributed by atoms with van der Waals surface area (Å²) in [7, 11) is 0. The van der Waals surface area contributed by atoms with Crippen LogP contribution in [0.2, 0.25) is 0 Å². The Morgan fingerprint density at radius 1 is 1.16 bits per heavy atom. The van der Waals surface area contributed by atoms with Crippen LogP contribution in [0.15, 0.2) is 18.2 Å². The molecule has 0 aromatic heterocycles. The summed E-state index contributed by atoms with van der Waals surface area (Å²) in [6.07, 6.45) is 4.78. The van der Waals surface area contributed by atoms with E-state index in [-0.39, 0.29) is 11.8 Å². The largest absolute Gasteiger partial charge is 0.356 e. The number of anilines is 1. The first kappa shape index (κ1) is 19.4. The Bertz CT molecular complexity index is 576. The second-order valence-corrected chi connectivity index (χ2v) is 6.97. The van der Waals surface area contributed by atoms with Crippen LogP contribution in [0.3, 0.4) is 0 Å². The monoisotopic (exact) mass is 345 g/mol. The van der Waals surface area contributed by atoms with Crippen molar-refractivity contribution in [1.29, 1.82) is 0 Å². The Labute approximate surface area is 151 Å². The van der Waals surface area contributed by atoms with Crippen molar-refractivity contribution in [3.8, 4) is 0 Å². The number of carbonyl (C=O) groups is 2. The summed E-state index contributed by atoms with van der Waals surface area (Å²) in [5.74, 6) is 0.0740. The highest BCUT2D eigenvalue weighted by molar-refractivity contribution is 5.93. The molecular formula is C20H31N3O2. The van der Waals surface area contributed by atoms with Gasteiger partial charge in [0.15, 0.2) is 0 Å². The summed E-state index contributed by atoms with van der Waals surface area (Å²) in [4.78, 5) is 26.5. The summed E-state index contributed by atoms with van der Waals surface area (Å²) in [5, 5.41) is 5.98. The maximum atomic E-state index is 12.5. The van der Waals surface area contributed by atoms with Gasteiger partial charge in [0.25, 0.3) is 0 Å². The number of aryl methyl sites for hydroxylation is 2. The van der Waals surface area contributed by atoms with E-state index in [2.05, 4.69) is 22.5 Å². The zero-order valence-electron chi connectivity index (χ0n) is 15.7. The number of hydrogen-bond acceptors (Lipinski definition) is 3. The Morgan fingerprint density at radius 2 is 1.84 bits per heavy atom. The van der Waals surface area contributed by atoms with Gasteiger partial charge in [-0.05, 0) is 44.2 Å². The van der Waals surface area contributed by atoms with E-state index in [1.54, 1.807) is 0 Å². The predicted molar refractivity (Wildman–Crippen MR) is 102 cm³/mol. The minimum absolute atomic E-state index is 0.00399. The first-order valence-electron chi connectivity index (χ1n) is 9.38. The van der Waals surface area contributed by atoms with Gasteiger partial charge in [0.2, 0.25) is 11.8 Å². The van der Waals surface area contributed by atoms with Crippen LogP contribution in [-0.4, -0.2) is 42.4 Å². The first-order chi connectivity index (χ1) is 12.0. The van der Waals surface area contributed by atoms with Crippen LogP contribution >= 0.6 is 0 Å². The standard InChI is InChI=1S/C20H31N3O2/c1-4-5-12-21-18(24)11-13-23(17-9-10-17)14-19(25)22-20-15(2)7-6-8-16(20)3/h6-8,17H,4-5,9-14H2,1-3H3,(H,21,24)(H,22,25). The van der Waals surface area contributed by atoms with Crippen molar-refractivity contribution < 1.29 is 9.59 Å². The molecule has 138 valence electrons. The Balaban J connectivity index is 1.82. The smallest absolute Gasteiger partial charge is 0.238 e. The molecule has 2 N–H and O–H groups in total. The molecule has 0 aliphatic heterocycles. The molecule has 1 aromatic carbocycles. The number of nitrogens with one attached hydrogen (secondary N) is 2. The lowest BCUT2D eigenvalue weighted by atomic mass is 10.1. The molecule has 5 nitrogen and oxygen atoms in total. The van der Waals surface area contributed by atoms with Gasteiger partial charge in [0, 0.05) is 31.2 Å². The van der Waals surface area contributed by atoms with Crippen molar-refractivity contribution in [2.24, 2.45) is 0 Å². The van der Waals surface area contributed by atoms with Crippen molar-refractivity contribution in [1.82, 2.24) is 10.2 Å². The highest BCUT2D eigenvalue weighted by Gasteiger charge is 2.30. The van der Waals surface area contributed by atoms with Gasteiger partial charge in [-0.25, -0.2) is 0 Å². The van der Waals surface area contributed by atoms with Crippen molar-refractivity contribution in [2.75, 3.05) is 25.0 Å². The lowest BCUT2D eigenvalue weighted by Crippen LogP contribution is -2.38. The maximum Gasteiger partial charge on any atom is 0.238 e. The minimum atomic E-state index is -0.00399. The van der Waals surface area contributed by atoms with E-state index < -0.39 is 0 Å². The molecule has 0 heterocycles. The number of carbonyl (C=O) groups excluding carboxylic acids is 2. The summed E-state index contributed by atoms with van der Waals surface area (Å²) in [6.45, 7) is 7.84. The van der Waals surface area contributed by atoms with Gasteiger partial charge in [0.1, 0.15) is 0 Å². The zero-order valence-corrected chi connectivity index (χ0v) is 15.7. The number of nitrogens with zero attached hydrogens (tertiary/aromatic N) is 1. The number of hydrogen-bond donors (Lipinski definition) is 2. The van der Waals surface area contributed by atoms with Crippen molar-refractivity contribution >= 4 is 17.5 Å². The topological polar surface area (TPSA) is 61.4 Å². The maximum absolute atomic E-state index is 12.5. The lowest BCUT2D eigenvalue weighted by molar-refractivity contribution is -0.122. The quantitative estimate of drug-likeness (QED) is 0.641. The van der Waals surface area contributed by atoms with Crippen LogP contribution in [0.1, 0.15) is 50.2 Å². The van der Waals surface area contributed by atoms with E-state index in [0.29, 0.717) is 25.6 Å². The number of benzene rings is 1. The van der Waals surface area contributed by atoms with Crippen LogP contribution in [0.4, 0.5) is 5.69 Å². The Hall–Kier alpha value is -1.88. The highest BCUT2D eigenvalue weighted by atomic mass is 16.2. The van der Waals surface area contributed by atoms with Gasteiger partial charge in [0.05, 0.1) is 6.54 Å². The molecule has 1 fully saturated rings. The SMILES string of the molecule is CCCCNC(=O)CCN(CC(=O)Nc1c(C)cccc1C)C1CC1. The van der Waals surface area contributed by atoms with Crippen molar-refractivity contribution in [2.45, 2.75) is 58.9 Å². The summed E-state index contributed by atoms with van der Waals surface area (Å²) < 4.78 is 0. The van der Waals surface area contributed by atoms with E-state index in [1.165, 1.54) is 0 Å². The number of para-hydroxylation sites is 1. The first-order valence-corrected chi connectivity index (χ1v) is 9.38. The Kier molecular flexibility index (Phi) is 7.44. The second-order valence-electron chi connectivity index (χ2n) is 6.97. The molecule has 2 amide bonds. The minimum Gasteiger partial charge on any atom is -0.356 e. The van der Waals surface area contributed by atoms with Gasteiger partial charge < -0.3 is 10.6 Å². The molecule has 0 saturated heterocycles. The molecule has 0 radical (unpaired) electrons. The number of unbranched alkanes of at least 4 members (excludes halogenated alkanes) is 1. The van der Waals surface area contributed by atoms with Crippen LogP contribution < -0.4 is 10.6 Å². The van der Waals surface area contributed by atoms with E-state index in [9.17, 15) is 9.59 Å². The summed E-state index contributed by atoms with van der Waals surface area (Å²) >= 11 is 0. The van der Waals surface area contributed by atoms with Gasteiger partial charge in [-0.3, -0.25) is 14.5 Å². The molecule has 0 atom stereocenters. The average molecular weight is 345 g/mol. The fourth-order valence-electron chi connectivity index (χ4n) is 2.94. The van der Waals surface area contributed by atoms with Gasteiger partial charge in [-0.2, -0.15) is 0 Å². The third-order valence-corrected chi connectivity index (χ3v) is 4.63. The number of amides is 2. The summed E-state index contributed by atoms with van der Waals surface area (Å²) in [5.41, 5.74) is 3.05. The highest BCUT2D eigenvalue weighted by Crippen LogP contribution is 2.27. The van der Waals surface area contributed by atoms with E-state index in [4.69, 9.17) is 0 Å². The van der Waals surface area contributed by atoms with Crippen LogP contribution in [0, 0.1) is 13.8 Å². The molecule has 25 heavy (non-hydrogen) atoms. The van der Waals surface area contributed by atoms with E-state index in [1.807, 2.05) is 32.0 Å². The molecule has 1 aromatic rings. The van der Waals surface area contributed by atoms with E-state index >= 15 is 0 Å². The third-order valence-electron chi connectivity index (χ3n) is 4.63. The van der Waals surface area contributed by atoms with Crippen molar-refractivity contribution in [3.63, 3.8) is 0 Å². The molecule has 1 aliphatic rings. The molecule has 0 spiro atoms. The third kappa shape index (κ3) is 6.50. The van der Waals surface area contributed by atoms with Crippen LogP contribution in [0.5, 0.6) is 0 Å². The molecular weight excluding hydrogens is 314 g/mol. The van der Waals surface area contributed by atoms with Gasteiger partial charge in [-0.1, -0.05) is 31.5 Å². The average Bonchev–Trinajstić information content (AvgIpc) is 3.40. The van der Waals surface area contributed by atoms with Crippen LogP contribution in [0.25, 0.3) is 0 Å². The normalized spacial score (nSPS) is 13.8. The molecule has 0 unspecified atom stereocenters. The molecule has 0 bridgehead atoms. The molecule has 2 rings (SSSR count). The molecule has 1 saturated carbocycles. The van der Waals surface area contributed by atoms with Crippen molar-refractivity contribution in [3.05, 3.63) is 29.3 Å². The lowest BCUT2D eigenvalue weighted by Gasteiger charge is -2.22. The fourth-order valence-corrected chi connectivity index (χ4v) is 2.94. The van der Waals surface area contributed by atoms with Gasteiger partial charge >= 0.3 is 0 Å². The molecule has 5 heteroatoms. The fraction of sp³-hybridized carbons (Fsp3) is 0.600. The van der Waals surface area contributed by atoms with Gasteiger partial charge in [-0.15, -0.1) is 0 Å². The van der Waals surface area contributed by atoms with E-state index in [0.717, 1.165) is 49.0 Å². The zero-order chi connectivity index (χ0) is 18.2. The predicted octanol–water partition coefficient (Wildman–Crippen LogP) is 3.01. The molecule has 1 aliphatic carbocycles.